The zero-order valence-electron chi connectivity index (χ0n) is 14.6. The minimum absolute atomic E-state index is 0.00620. The average Bonchev–Trinajstić information content (AvgIpc) is 3.27. The van der Waals surface area contributed by atoms with Crippen molar-refractivity contribution < 1.29 is 31.5 Å². The monoisotopic (exact) mass is 408 g/mol. The van der Waals surface area contributed by atoms with Gasteiger partial charge in [0, 0.05) is 12.7 Å². The Labute approximate surface area is 160 Å². The molecule has 0 saturated carbocycles. The van der Waals surface area contributed by atoms with Gasteiger partial charge in [-0.3, -0.25) is 9.78 Å². The molecule has 150 valence electrons. The number of hydrogen-bond acceptors (Lipinski definition) is 6. The number of hydrogen-bond donors (Lipinski definition) is 0. The van der Waals surface area contributed by atoms with Crippen LogP contribution in [-0.2, 0) is 13.1 Å². The van der Waals surface area contributed by atoms with Crippen molar-refractivity contribution in [3.05, 3.63) is 59.2 Å². The molecule has 3 aromatic rings. The van der Waals surface area contributed by atoms with E-state index in [0.717, 1.165) is 0 Å². The zero-order chi connectivity index (χ0) is 20.5. The van der Waals surface area contributed by atoms with Gasteiger partial charge in [-0.25, -0.2) is 0 Å². The highest BCUT2D eigenvalue weighted by Gasteiger charge is 2.30. The third-order valence-corrected chi connectivity index (χ3v) is 4.20. The van der Waals surface area contributed by atoms with Crippen LogP contribution in [0, 0.1) is 0 Å². The van der Waals surface area contributed by atoms with Crippen LogP contribution < -0.4 is 4.74 Å². The number of ether oxygens (including phenoxy) is 1. The average molecular weight is 408 g/mol. The molecule has 0 spiro atoms. The predicted octanol–water partition coefficient (Wildman–Crippen LogP) is 3.83. The molecule has 0 saturated heterocycles. The third kappa shape index (κ3) is 3.89. The van der Waals surface area contributed by atoms with Gasteiger partial charge in [0.05, 0.1) is 23.4 Å². The molecular weight excluding hydrogens is 396 g/mol. The van der Waals surface area contributed by atoms with Gasteiger partial charge >= 0.3 is 13.0 Å². The molecule has 29 heavy (non-hydrogen) atoms. The molecule has 1 aromatic carbocycles. The Kier molecular flexibility index (Phi) is 4.87. The molecule has 7 nitrogen and oxygen atoms in total. The van der Waals surface area contributed by atoms with E-state index >= 15 is 0 Å². The van der Waals surface area contributed by atoms with Crippen LogP contribution in [0.2, 0.25) is 0 Å². The number of nitrogens with zero attached hydrogens (tertiary/aromatic N) is 4. The molecule has 1 aliphatic rings. The van der Waals surface area contributed by atoms with Crippen molar-refractivity contribution in [3.8, 4) is 17.2 Å². The van der Waals surface area contributed by atoms with Gasteiger partial charge in [-0.1, -0.05) is 12.1 Å². The molecule has 4 rings (SSSR count). The normalized spacial score (nSPS) is 13.4. The second kappa shape index (κ2) is 7.49. The van der Waals surface area contributed by atoms with Crippen LogP contribution in [-0.4, -0.2) is 32.6 Å². The number of carbonyl (C=O) groups excluding carboxylic acids is 1. The maximum atomic E-state index is 12.7. The summed E-state index contributed by atoms with van der Waals surface area (Å²) in [7, 11) is 0. The molecule has 1 aliphatic heterocycles. The number of amides is 1. The highest BCUT2D eigenvalue weighted by Crippen LogP contribution is 2.29. The molecule has 2 aromatic heterocycles. The molecule has 0 radical (unpaired) electrons. The topological polar surface area (TPSA) is 81.3 Å². The lowest BCUT2D eigenvalue weighted by Crippen LogP contribution is -2.23. The third-order valence-electron chi connectivity index (χ3n) is 4.20. The molecule has 3 heterocycles. The van der Waals surface area contributed by atoms with Crippen molar-refractivity contribution >= 4 is 5.91 Å². The minimum atomic E-state index is -2.94. The van der Waals surface area contributed by atoms with E-state index in [9.17, 15) is 22.4 Å². The number of pyridine rings is 1. The van der Waals surface area contributed by atoms with Gasteiger partial charge in [-0.2, -0.15) is 17.6 Å². The van der Waals surface area contributed by atoms with E-state index in [-0.39, 0.29) is 41.8 Å². The Morgan fingerprint density at radius 2 is 2.00 bits per heavy atom. The van der Waals surface area contributed by atoms with Crippen molar-refractivity contribution in [2.75, 3.05) is 0 Å². The predicted molar refractivity (Wildman–Crippen MR) is 89.1 cm³/mol. The van der Waals surface area contributed by atoms with E-state index in [1.807, 2.05) is 0 Å². The van der Waals surface area contributed by atoms with Gasteiger partial charge in [-0.15, -0.1) is 10.2 Å². The molecule has 0 atom stereocenters. The SMILES string of the molecule is O=C1c2cc(-c3nnc(C(F)F)o3)cnc2CN1Cc1cccc(OC(F)F)c1. The van der Waals surface area contributed by atoms with Gasteiger partial charge in [0.25, 0.3) is 11.8 Å². The first kappa shape index (κ1) is 18.8. The highest BCUT2D eigenvalue weighted by molar-refractivity contribution is 5.98. The van der Waals surface area contributed by atoms with Gasteiger partial charge in [0.2, 0.25) is 5.89 Å². The molecule has 0 bridgehead atoms. The highest BCUT2D eigenvalue weighted by atomic mass is 19.3. The fraction of sp³-hybridized carbons (Fsp3) is 0.222. The van der Waals surface area contributed by atoms with Crippen molar-refractivity contribution in [1.82, 2.24) is 20.1 Å². The van der Waals surface area contributed by atoms with Gasteiger partial charge in [0.1, 0.15) is 5.75 Å². The number of halogens is 4. The lowest BCUT2D eigenvalue weighted by Gasteiger charge is -2.16. The first-order valence-corrected chi connectivity index (χ1v) is 8.34. The standard InChI is InChI=1S/C18H12F4N4O3/c19-14(20)16-25-24-15(29-16)10-5-12-13(23-6-10)8-26(17(12)27)7-9-2-1-3-11(4-9)28-18(21)22/h1-6,14,18H,7-8H2. The number of aromatic nitrogens is 3. The number of benzene rings is 1. The van der Waals surface area contributed by atoms with Crippen LogP contribution >= 0.6 is 0 Å². The summed E-state index contributed by atoms with van der Waals surface area (Å²) in [5.41, 5.74) is 1.61. The number of carbonyl (C=O) groups is 1. The van der Waals surface area contributed by atoms with E-state index in [2.05, 4.69) is 19.9 Å². The van der Waals surface area contributed by atoms with Crippen molar-refractivity contribution in [2.24, 2.45) is 0 Å². The second-order valence-corrected chi connectivity index (χ2v) is 6.15. The fourth-order valence-corrected chi connectivity index (χ4v) is 2.95. The molecular formula is C18H12F4N4O3. The summed E-state index contributed by atoms with van der Waals surface area (Å²) in [6.45, 7) is -2.58. The first-order chi connectivity index (χ1) is 13.9. The van der Waals surface area contributed by atoms with Crippen LogP contribution in [0.1, 0.15) is 33.9 Å². The largest absolute Gasteiger partial charge is 0.435 e. The number of rotatable bonds is 6. The summed E-state index contributed by atoms with van der Waals surface area (Å²) in [6, 6.07) is 7.49. The van der Waals surface area contributed by atoms with Gasteiger partial charge in [-0.05, 0) is 23.8 Å². The van der Waals surface area contributed by atoms with Crippen molar-refractivity contribution in [1.29, 1.82) is 0 Å². The van der Waals surface area contributed by atoms with Crippen molar-refractivity contribution in [2.45, 2.75) is 26.1 Å². The first-order valence-electron chi connectivity index (χ1n) is 8.34. The summed E-state index contributed by atoms with van der Waals surface area (Å²) in [4.78, 5) is 18.4. The lowest BCUT2D eigenvalue weighted by molar-refractivity contribution is -0.0499. The molecule has 1 amide bonds. The van der Waals surface area contributed by atoms with E-state index in [1.165, 1.54) is 29.3 Å². The van der Waals surface area contributed by atoms with Crippen LogP contribution in [0.15, 0.2) is 40.9 Å². The van der Waals surface area contributed by atoms with Crippen molar-refractivity contribution in [3.63, 3.8) is 0 Å². The van der Waals surface area contributed by atoms with Gasteiger partial charge in [0.15, 0.2) is 0 Å². The van der Waals surface area contributed by atoms with Crippen LogP contribution in [0.4, 0.5) is 17.6 Å². The molecule has 11 heteroatoms. The zero-order valence-corrected chi connectivity index (χ0v) is 14.6. The molecule has 0 fully saturated rings. The maximum Gasteiger partial charge on any atom is 0.387 e. The van der Waals surface area contributed by atoms with E-state index in [0.29, 0.717) is 11.3 Å². The van der Waals surface area contributed by atoms with Crippen LogP contribution in [0.25, 0.3) is 11.5 Å². The molecule has 0 unspecified atom stereocenters. The summed E-state index contributed by atoms with van der Waals surface area (Å²) in [5.74, 6) is -1.34. The minimum Gasteiger partial charge on any atom is -0.435 e. The smallest absolute Gasteiger partial charge is 0.387 e. The summed E-state index contributed by atoms with van der Waals surface area (Å²) >= 11 is 0. The Balaban J connectivity index is 1.53. The Hall–Kier alpha value is -3.50. The molecule has 0 aliphatic carbocycles. The van der Waals surface area contributed by atoms with Crippen LogP contribution in [0.5, 0.6) is 5.75 Å². The number of fused-ring (bicyclic) bond motifs is 1. The van der Waals surface area contributed by atoms with E-state index in [1.54, 1.807) is 12.1 Å². The fourth-order valence-electron chi connectivity index (χ4n) is 2.95. The van der Waals surface area contributed by atoms with E-state index < -0.39 is 18.9 Å². The maximum absolute atomic E-state index is 12.7. The number of alkyl halides is 4. The lowest BCUT2D eigenvalue weighted by atomic mass is 10.1. The molecule has 0 N–H and O–H groups in total. The Morgan fingerprint density at radius 3 is 2.72 bits per heavy atom. The summed E-state index contributed by atoms with van der Waals surface area (Å²) < 4.78 is 59.2. The van der Waals surface area contributed by atoms with Gasteiger partial charge < -0.3 is 14.1 Å². The quantitative estimate of drug-likeness (QED) is 0.577. The summed E-state index contributed by atoms with van der Waals surface area (Å²) in [5, 5.41) is 6.79. The Morgan fingerprint density at radius 1 is 1.17 bits per heavy atom. The second-order valence-electron chi connectivity index (χ2n) is 6.15. The summed E-state index contributed by atoms with van der Waals surface area (Å²) in [6.07, 6.45) is -1.55. The Bertz CT molecular complexity index is 1060. The van der Waals surface area contributed by atoms with Crippen LogP contribution in [0.3, 0.4) is 0 Å². The van der Waals surface area contributed by atoms with E-state index in [4.69, 9.17) is 4.42 Å².